The lowest BCUT2D eigenvalue weighted by Crippen LogP contribution is -2.30. The molecule has 0 aromatic heterocycles. The van der Waals surface area contributed by atoms with E-state index in [-0.39, 0.29) is 12.5 Å². The van der Waals surface area contributed by atoms with Crippen molar-refractivity contribution in [2.24, 2.45) is 5.73 Å². The van der Waals surface area contributed by atoms with Crippen molar-refractivity contribution in [1.82, 2.24) is 4.90 Å². The highest BCUT2D eigenvalue weighted by atomic mass is 16.5. The molecule has 0 aliphatic rings. The van der Waals surface area contributed by atoms with Gasteiger partial charge in [0.2, 0.25) is 5.91 Å². The van der Waals surface area contributed by atoms with Gasteiger partial charge in [0.15, 0.2) is 0 Å². The minimum atomic E-state index is -0.0426. The molecule has 1 amide bonds. The van der Waals surface area contributed by atoms with Crippen molar-refractivity contribution in [1.29, 1.82) is 0 Å². The predicted octanol–water partition coefficient (Wildman–Crippen LogP) is 0.767. The van der Waals surface area contributed by atoms with Crippen LogP contribution in [0.25, 0.3) is 0 Å². The van der Waals surface area contributed by atoms with Crippen LogP contribution in [-0.2, 0) is 27.4 Å². The Bertz CT molecular complexity index is 379. The first kappa shape index (κ1) is 15.6. The lowest BCUT2D eigenvalue weighted by atomic mass is 10.1. The second-order valence-electron chi connectivity index (χ2n) is 4.32. The number of hydrogen-bond donors (Lipinski definition) is 1. The Balaban J connectivity index is 2.35. The number of likely N-dealkylation sites (N-methyl/N-ethyl adjacent to an activating group) is 1. The number of nitrogens with two attached hydrogens (primary N) is 1. The quantitative estimate of drug-likeness (QED) is 0.706. The average Bonchev–Trinajstić information content (AvgIpc) is 2.44. The summed E-state index contributed by atoms with van der Waals surface area (Å²) in [5.74, 6) is -0.0426. The minimum absolute atomic E-state index is 0.0426. The first-order chi connectivity index (χ1) is 9.17. The fraction of sp³-hybridized carbons (Fsp3) is 0.500. The first-order valence-electron chi connectivity index (χ1n) is 6.26. The standard InChI is InChI=1S/C14H22N2O3/c1-16(14(17)11-19-8-7-18-2)10-13-5-3-12(9-15)4-6-13/h3-6H,7-11,15H2,1-2H3. The van der Waals surface area contributed by atoms with Crippen molar-refractivity contribution in [3.8, 4) is 0 Å². The van der Waals surface area contributed by atoms with Gasteiger partial charge in [0.05, 0.1) is 13.2 Å². The maximum absolute atomic E-state index is 11.8. The second-order valence-corrected chi connectivity index (χ2v) is 4.32. The number of nitrogens with zero attached hydrogens (tertiary/aromatic N) is 1. The van der Waals surface area contributed by atoms with Crippen molar-refractivity contribution >= 4 is 5.91 Å². The van der Waals surface area contributed by atoms with Crippen molar-refractivity contribution < 1.29 is 14.3 Å². The third-order valence-corrected chi connectivity index (χ3v) is 2.76. The van der Waals surface area contributed by atoms with E-state index in [9.17, 15) is 4.79 Å². The maximum Gasteiger partial charge on any atom is 0.248 e. The molecule has 0 saturated carbocycles. The molecule has 2 N–H and O–H groups in total. The van der Waals surface area contributed by atoms with Gasteiger partial charge in [-0.05, 0) is 11.1 Å². The average molecular weight is 266 g/mol. The first-order valence-corrected chi connectivity index (χ1v) is 6.26. The van der Waals surface area contributed by atoms with E-state index >= 15 is 0 Å². The molecule has 1 aromatic rings. The Morgan fingerprint density at radius 1 is 1.21 bits per heavy atom. The molecule has 0 saturated heterocycles. The molecule has 0 heterocycles. The SMILES string of the molecule is COCCOCC(=O)N(C)Cc1ccc(CN)cc1. The zero-order valence-electron chi connectivity index (χ0n) is 11.6. The molecule has 106 valence electrons. The Hall–Kier alpha value is -1.43. The van der Waals surface area contributed by atoms with Crippen LogP contribution in [0.2, 0.25) is 0 Å². The van der Waals surface area contributed by atoms with Crippen LogP contribution in [-0.4, -0.2) is 44.8 Å². The molecule has 0 spiro atoms. The highest BCUT2D eigenvalue weighted by Gasteiger charge is 2.09. The van der Waals surface area contributed by atoms with Crippen molar-refractivity contribution in [2.45, 2.75) is 13.1 Å². The molecule has 1 aromatic carbocycles. The predicted molar refractivity (Wildman–Crippen MR) is 73.5 cm³/mol. The van der Waals surface area contributed by atoms with Crippen LogP contribution in [0.5, 0.6) is 0 Å². The zero-order valence-corrected chi connectivity index (χ0v) is 11.6. The van der Waals surface area contributed by atoms with Crippen LogP contribution in [0.4, 0.5) is 0 Å². The van der Waals surface area contributed by atoms with Crippen molar-refractivity contribution in [2.75, 3.05) is 34.0 Å². The van der Waals surface area contributed by atoms with E-state index < -0.39 is 0 Å². The summed E-state index contributed by atoms with van der Waals surface area (Å²) in [5.41, 5.74) is 7.70. The molecule has 0 radical (unpaired) electrons. The summed E-state index contributed by atoms with van der Waals surface area (Å²) in [6.45, 7) is 2.11. The van der Waals surface area contributed by atoms with Gasteiger partial charge >= 0.3 is 0 Å². The molecule has 0 aliphatic carbocycles. The molecular formula is C14H22N2O3. The number of carbonyl (C=O) groups excluding carboxylic acids is 1. The highest BCUT2D eigenvalue weighted by molar-refractivity contribution is 5.77. The van der Waals surface area contributed by atoms with Gasteiger partial charge in [-0.15, -0.1) is 0 Å². The third-order valence-electron chi connectivity index (χ3n) is 2.76. The topological polar surface area (TPSA) is 64.8 Å². The summed E-state index contributed by atoms with van der Waals surface area (Å²) in [4.78, 5) is 13.4. The van der Waals surface area contributed by atoms with Gasteiger partial charge in [0.25, 0.3) is 0 Å². The second kappa shape index (κ2) is 8.63. The Morgan fingerprint density at radius 2 is 1.84 bits per heavy atom. The summed E-state index contributed by atoms with van der Waals surface area (Å²) < 4.78 is 10.0. The molecule has 5 nitrogen and oxygen atoms in total. The molecule has 0 unspecified atom stereocenters. The fourth-order valence-electron chi connectivity index (χ4n) is 1.55. The van der Waals surface area contributed by atoms with Crippen LogP contribution in [0.3, 0.4) is 0 Å². The van der Waals surface area contributed by atoms with Gasteiger partial charge in [-0.3, -0.25) is 4.79 Å². The van der Waals surface area contributed by atoms with E-state index in [1.165, 1.54) is 0 Å². The van der Waals surface area contributed by atoms with Gasteiger partial charge in [-0.25, -0.2) is 0 Å². The molecule has 0 aliphatic heterocycles. The van der Waals surface area contributed by atoms with E-state index in [1.807, 2.05) is 24.3 Å². The molecule has 0 atom stereocenters. The fourth-order valence-corrected chi connectivity index (χ4v) is 1.55. The van der Waals surface area contributed by atoms with E-state index in [2.05, 4.69) is 0 Å². The van der Waals surface area contributed by atoms with Crippen molar-refractivity contribution in [3.05, 3.63) is 35.4 Å². The summed E-state index contributed by atoms with van der Waals surface area (Å²) in [7, 11) is 3.36. The lowest BCUT2D eigenvalue weighted by Gasteiger charge is -2.17. The number of amides is 1. The van der Waals surface area contributed by atoms with Crippen LogP contribution in [0, 0.1) is 0 Å². The van der Waals surface area contributed by atoms with E-state index in [0.717, 1.165) is 11.1 Å². The van der Waals surface area contributed by atoms with Gasteiger partial charge in [-0.1, -0.05) is 24.3 Å². The summed E-state index contributed by atoms with van der Waals surface area (Å²) in [6.07, 6.45) is 0. The maximum atomic E-state index is 11.8. The Morgan fingerprint density at radius 3 is 2.42 bits per heavy atom. The number of hydrogen-bond acceptors (Lipinski definition) is 4. The largest absolute Gasteiger partial charge is 0.382 e. The molecule has 19 heavy (non-hydrogen) atoms. The van der Waals surface area contributed by atoms with Crippen LogP contribution >= 0.6 is 0 Å². The molecule has 0 bridgehead atoms. The number of ether oxygens (including phenoxy) is 2. The smallest absolute Gasteiger partial charge is 0.248 e. The van der Waals surface area contributed by atoms with Crippen molar-refractivity contribution in [3.63, 3.8) is 0 Å². The van der Waals surface area contributed by atoms with E-state index in [4.69, 9.17) is 15.2 Å². The zero-order chi connectivity index (χ0) is 14.1. The number of carbonyl (C=O) groups is 1. The molecule has 1 rings (SSSR count). The third kappa shape index (κ3) is 5.83. The summed E-state index contributed by atoms with van der Waals surface area (Å²) in [6, 6.07) is 7.92. The van der Waals surface area contributed by atoms with Crippen LogP contribution in [0.1, 0.15) is 11.1 Å². The molecule has 5 heteroatoms. The van der Waals surface area contributed by atoms with Gasteiger partial charge in [0.1, 0.15) is 6.61 Å². The number of methoxy groups -OCH3 is 1. The van der Waals surface area contributed by atoms with Crippen LogP contribution < -0.4 is 5.73 Å². The monoisotopic (exact) mass is 266 g/mol. The van der Waals surface area contributed by atoms with Gasteiger partial charge < -0.3 is 20.1 Å². The summed E-state index contributed by atoms with van der Waals surface area (Å²) >= 11 is 0. The minimum Gasteiger partial charge on any atom is -0.382 e. The highest BCUT2D eigenvalue weighted by Crippen LogP contribution is 2.06. The summed E-state index contributed by atoms with van der Waals surface area (Å²) in [5, 5.41) is 0. The molecular weight excluding hydrogens is 244 g/mol. The lowest BCUT2D eigenvalue weighted by molar-refractivity contribution is -0.135. The van der Waals surface area contributed by atoms with Gasteiger partial charge in [-0.2, -0.15) is 0 Å². The molecule has 0 fully saturated rings. The normalized spacial score (nSPS) is 10.5. The Kier molecular flexibility index (Phi) is 7.10. The van der Waals surface area contributed by atoms with Crippen LogP contribution in [0.15, 0.2) is 24.3 Å². The number of benzene rings is 1. The van der Waals surface area contributed by atoms with Gasteiger partial charge in [0, 0.05) is 27.2 Å². The van der Waals surface area contributed by atoms with E-state index in [1.54, 1.807) is 19.1 Å². The van der Waals surface area contributed by atoms with E-state index in [0.29, 0.717) is 26.3 Å². The Labute approximate surface area is 114 Å². The number of rotatable bonds is 8.